The first-order valence-corrected chi connectivity index (χ1v) is 7.69. The molecule has 0 aromatic heterocycles. The molecule has 4 heteroatoms. The number of aromatic hydroxyl groups is 1. The maximum atomic E-state index is 12.0. The van der Waals surface area contributed by atoms with E-state index in [2.05, 4.69) is 21.2 Å². The van der Waals surface area contributed by atoms with Crippen molar-refractivity contribution in [3.05, 3.63) is 28.2 Å². The molecule has 2 bridgehead atoms. The van der Waals surface area contributed by atoms with Gasteiger partial charge in [-0.2, -0.15) is 0 Å². The largest absolute Gasteiger partial charge is 0.507 e. The Balaban J connectivity index is 1.57. The van der Waals surface area contributed by atoms with E-state index in [4.69, 9.17) is 0 Å². The molecule has 3 unspecified atom stereocenters. The number of rotatable bonds is 3. The van der Waals surface area contributed by atoms with Crippen LogP contribution >= 0.6 is 15.9 Å². The molecule has 3 nitrogen and oxygen atoms in total. The van der Waals surface area contributed by atoms with Crippen molar-refractivity contribution in [3.8, 4) is 5.75 Å². The topological polar surface area (TPSA) is 49.3 Å². The number of phenolic OH excluding ortho intramolecular Hbond substituents is 1. The summed E-state index contributed by atoms with van der Waals surface area (Å²) in [5, 5.41) is 12.6. The van der Waals surface area contributed by atoms with Crippen LogP contribution < -0.4 is 5.32 Å². The van der Waals surface area contributed by atoms with Crippen LogP contribution in [0.1, 0.15) is 36.0 Å². The molecular weight excluding hydrogens is 306 g/mol. The van der Waals surface area contributed by atoms with Crippen molar-refractivity contribution in [2.75, 3.05) is 6.54 Å². The fourth-order valence-corrected chi connectivity index (χ4v) is 3.85. The zero-order chi connectivity index (χ0) is 13.4. The van der Waals surface area contributed by atoms with Crippen LogP contribution in [-0.4, -0.2) is 17.6 Å². The molecule has 1 aromatic carbocycles. The molecule has 102 valence electrons. The molecule has 2 fully saturated rings. The summed E-state index contributed by atoms with van der Waals surface area (Å²) in [5.41, 5.74) is 0.517. The summed E-state index contributed by atoms with van der Waals surface area (Å²) in [6.45, 7) is 0.775. The highest BCUT2D eigenvalue weighted by molar-refractivity contribution is 9.10. The van der Waals surface area contributed by atoms with Gasteiger partial charge in [0.1, 0.15) is 5.75 Å². The van der Waals surface area contributed by atoms with Gasteiger partial charge in [0.15, 0.2) is 0 Å². The number of fused-ring (bicyclic) bond motifs is 2. The summed E-state index contributed by atoms with van der Waals surface area (Å²) in [6.07, 6.45) is 5.36. The van der Waals surface area contributed by atoms with Crippen molar-refractivity contribution in [2.24, 2.45) is 17.8 Å². The molecule has 0 saturated heterocycles. The van der Waals surface area contributed by atoms with Crippen LogP contribution in [0.4, 0.5) is 0 Å². The Morgan fingerprint density at radius 1 is 1.37 bits per heavy atom. The van der Waals surface area contributed by atoms with E-state index >= 15 is 0 Å². The van der Waals surface area contributed by atoms with E-state index < -0.39 is 0 Å². The second-order valence-corrected chi connectivity index (χ2v) is 6.67. The number of amides is 1. The SMILES string of the molecule is O=C(NCC1CC2CCC1C2)c1ccc(Br)c(O)c1. The first kappa shape index (κ1) is 13.0. The standard InChI is InChI=1S/C15H18BrNO2/c16-13-4-3-11(7-14(13)18)15(19)17-8-12-6-9-1-2-10(12)5-9/h3-4,7,9-10,12,18H,1-2,5-6,8H2,(H,17,19). The van der Waals surface area contributed by atoms with Gasteiger partial charge < -0.3 is 10.4 Å². The lowest BCUT2D eigenvalue weighted by Crippen LogP contribution is -2.31. The van der Waals surface area contributed by atoms with Gasteiger partial charge in [-0.15, -0.1) is 0 Å². The lowest BCUT2D eigenvalue weighted by atomic mass is 9.89. The van der Waals surface area contributed by atoms with Gasteiger partial charge in [0.2, 0.25) is 0 Å². The fraction of sp³-hybridized carbons (Fsp3) is 0.533. The van der Waals surface area contributed by atoms with Crippen molar-refractivity contribution in [2.45, 2.75) is 25.7 Å². The summed E-state index contributed by atoms with van der Waals surface area (Å²) in [5.74, 6) is 2.40. The molecule has 0 radical (unpaired) electrons. The van der Waals surface area contributed by atoms with Gasteiger partial charge in [-0.1, -0.05) is 6.42 Å². The Hall–Kier alpha value is -1.03. The van der Waals surface area contributed by atoms with Crippen LogP contribution in [0.2, 0.25) is 0 Å². The van der Waals surface area contributed by atoms with Gasteiger partial charge in [-0.25, -0.2) is 0 Å². The molecule has 3 atom stereocenters. The highest BCUT2D eigenvalue weighted by atomic mass is 79.9. The van der Waals surface area contributed by atoms with E-state index in [9.17, 15) is 9.90 Å². The minimum Gasteiger partial charge on any atom is -0.507 e. The van der Waals surface area contributed by atoms with Gasteiger partial charge in [0, 0.05) is 12.1 Å². The molecule has 1 amide bonds. The van der Waals surface area contributed by atoms with E-state index in [-0.39, 0.29) is 11.7 Å². The highest BCUT2D eigenvalue weighted by Crippen LogP contribution is 2.47. The third-order valence-corrected chi connectivity index (χ3v) is 5.29. The fourth-order valence-electron chi connectivity index (χ4n) is 3.61. The quantitative estimate of drug-likeness (QED) is 0.896. The molecule has 2 aliphatic rings. The maximum Gasteiger partial charge on any atom is 0.251 e. The van der Waals surface area contributed by atoms with E-state index in [1.807, 2.05) is 0 Å². The third-order valence-electron chi connectivity index (χ3n) is 4.62. The number of nitrogens with one attached hydrogen (secondary N) is 1. The molecule has 2 aliphatic carbocycles. The molecule has 0 aliphatic heterocycles. The Bertz CT molecular complexity index is 503. The van der Waals surface area contributed by atoms with Gasteiger partial charge in [0.25, 0.3) is 5.91 Å². The Morgan fingerprint density at radius 2 is 2.21 bits per heavy atom. The summed E-state index contributed by atoms with van der Waals surface area (Å²) in [4.78, 5) is 12.0. The molecule has 0 heterocycles. The lowest BCUT2D eigenvalue weighted by molar-refractivity contribution is 0.0941. The van der Waals surface area contributed by atoms with E-state index in [0.29, 0.717) is 16.0 Å². The van der Waals surface area contributed by atoms with E-state index in [1.54, 1.807) is 12.1 Å². The number of carbonyl (C=O) groups excluding carboxylic acids is 1. The van der Waals surface area contributed by atoms with Crippen LogP contribution in [-0.2, 0) is 0 Å². The zero-order valence-electron chi connectivity index (χ0n) is 10.7. The molecule has 2 saturated carbocycles. The number of hydrogen-bond donors (Lipinski definition) is 2. The number of halogens is 1. The number of phenols is 1. The monoisotopic (exact) mass is 323 g/mol. The summed E-state index contributed by atoms with van der Waals surface area (Å²) >= 11 is 3.21. The van der Waals surface area contributed by atoms with Crippen molar-refractivity contribution in [1.82, 2.24) is 5.32 Å². The number of benzene rings is 1. The van der Waals surface area contributed by atoms with Crippen LogP contribution in [0.3, 0.4) is 0 Å². The van der Waals surface area contributed by atoms with Crippen molar-refractivity contribution in [1.29, 1.82) is 0 Å². The number of carbonyl (C=O) groups is 1. The van der Waals surface area contributed by atoms with Crippen molar-refractivity contribution >= 4 is 21.8 Å². The summed E-state index contributed by atoms with van der Waals surface area (Å²) in [7, 11) is 0. The molecule has 19 heavy (non-hydrogen) atoms. The average Bonchev–Trinajstić information content (AvgIpc) is 3.01. The van der Waals surface area contributed by atoms with Crippen molar-refractivity contribution in [3.63, 3.8) is 0 Å². The minimum atomic E-state index is -0.0921. The minimum absolute atomic E-state index is 0.0921. The normalized spacial score (nSPS) is 28.6. The van der Waals surface area contributed by atoms with Crippen molar-refractivity contribution < 1.29 is 9.90 Å². The molecule has 3 rings (SSSR count). The predicted octanol–water partition coefficient (Wildman–Crippen LogP) is 3.32. The van der Waals surface area contributed by atoms with Gasteiger partial charge in [-0.05, 0) is 71.1 Å². The average molecular weight is 324 g/mol. The smallest absolute Gasteiger partial charge is 0.251 e. The first-order valence-electron chi connectivity index (χ1n) is 6.90. The second-order valence-electron chi connectivity index (χ2n) is 5.81. The Kier molecular flexibility index (Phi) is 3.52. The van der Waals surface area contributed by atoms with Gasteiger partial charge in [-0.3, -0.25) is 4.79 Å². The zero-order valence-corrected chi connectivity index (χ0v) is 12.3. The van der Waals surface area contributed by atoms with E-state index in [0.717, 1.165) is 18.4 Å². The van der Waals surface area contributed by atoms with Crippen LogP contribution in [0, 0.1) is 17.8 Å². The first-order chi connectivity index (χ1) is 9.13. The molecule has 1 aromatic rings. The Morgan fingerprint density at radius 3 is 2.84 bits per heavy atom. The summed E-state index contributed by atoms with van der Waals surface area (Å²) < 4.78 is 0.608. The number of hydrogen-bond acceptors (Lipinski definition) is 2. The second kappa shape index (κ2) is 5.16. The highest BCUT2D eigenvalue weighted by Gasteiger charge is 2.39. The van der Waals surface area contributed by atoms with Crippen LogP contribution in [0.25, 0.3) is 0 Å². The Labute approximate surface area is 121 Å². The van der Waals surface area contributed by atoms with Gasteiger partial charge >= 0.3 is 0 Å². The third kappa shape index (κ3) is 2.64. The molecule has 0 spiro atoms. The maximum absolute atomic E-state index is 12.0. The molecular formula is C15H18BrNO2. The van der Waals surface area contributed by atoms with Gasteiger partial charge in [0.05, 0.1) is 4.47 Å². The molecule has 2 N–H and O–H groups in total. The van der Waals surface area contributed by atoms with E-state index in [1.165, 1.54) is 31.7 Å². The van der Waals surface area contributed by atoms with Crippen LogP contribution in [0.15, 0.2) is 22.7 Å². The summed E-state index contributed by atoms with van der Waals surface area (Å²) in [6, 6.07) is 4.92. The predicted molar refractivity (Wildman–Crippen MR) is 77.1 cm³/mol. The van der Waals surface area contributed by atoms with Crippen LogP contribution in [0.5, 0.6) is 5.75 Å². The lowest BCUT2D eigenvalue weighted by Gasteiger charge is -2.21.